The molecule has 4 N–H and O–H groups in total. The minimum Gasteiger partial charge on any atom is -0.480 e. The van der Waals surface area contributed by atoms with Gasteiger partial charge in [-0.05, 0) is 19.9 Å². The summed E-state index contributed by atoms with van der Waals surface area (Å²) in [5.74, 6) is -2.52. The first-order valence-electron chi connectivity index (χ1n) is 6.80. The zero-order valence-electron chi connectivity index (χ0n) is 12.6. The average Bonchev–Trinajstić information content (AvgIpc) is 3.12. The molecule has 0 aromatic carbocycles. The molecule has 0 bridgehead atoms. The van der Waals surface area contributed by atoms with Crippen LogP contribution >= 0.6 is 0 Å². The van der Waals surface area contributed by atoms with Gasteiger partial charge in [-0.25, -0.2) is 9.48 Å². The van der Waals surface area contributed by atoms with E-state index in [-0.39, 0.29) is 17.1 Å². The van der Waals surface area contributed by atoms with Crippen molar-refractivity contribution in [3.05, 3.63) is 29.8 Å². The summed E-state index contributed by atoms with van der Waals surface area (Å²) in [5.41, 5.74) is 5.36. The first-order chi connectivity index (χ1) is 10.8. The van der Waals surface area contributed by atoms with Crippen molar-refractivity contribution < 1.29 is 19.5 Å². The highest BCUT2D eigenvalue weighted by Crippen LogP contribution is 2.16. The van der Waals surface area contributed by atoms with E-state index in [0.717, 1.165) is 4.68 Å². The van der Waals surface area contributed by atoms with Gasteiger partial charge in [0.15, 0.2) is 5.69 Å². The molecular formula is C13H16N6O4. The topological polar surface area (TPSA) is 145 Å². The maximum Gasteiger partial charge on any atom is 0.328 e. The van der Waals surface area contributed by atoms with Gasteiger partial charge in [-0.3, -0.25) is 14.3 Å². The summed E-state index contributed by atoms with van der Waals surface area (Å²) in [6.45, 7) is 3.70. The molecule has 23 heavy (non-hydrogen) atoms. The smallest absolute Gasteiger partial charge is 0.328 e. The number of rotatable bonds is 6. The third kappa shape index (κ3) is 3.20. The zero-order valence-corrected chi connectivity index (χ0v) is 12.6. The normalized spacial score (nSPS) is 11.9. The van der Waals surface area contributed by atoms with Crippen molar-refractivity contribution in [1.82, 2.24) is 19.6 Å². The van der Waals surface area contributed by atoms with Gasteiger partial charge < -0.3 is 16.2 Å². The number of carbonyl (C=O) groups excluding carboxylic acids is 2. The van der Waals surface area contributed by atoms with Crippen LogP contribution in [0, 0.1) is 0 Å². The fourth-order valence-corrected chi connectivity index (χ4v) is 1.95. The van der Waals surface area contributed by atoms with Crippen LogP contribution in [-0.2, 0) is 11.3 Å². The van der Waals surface area contributed by atoms with E-state index in [2.05, 4.69) is 15.5 Å². The molecule has 1 atom stereocenters. The molecule has 10 heteroatoms. The van der Waals surface area contributed by atoms with Gasteiger partial charge in [0.05, 0.1) is 5.69 Å². The number of primary amides is 1. The van der Waals surface area contributed by atoms with Crippen molar-refractivity contribution in [2.75, 3.05) is 5.32 Å². The number of aryl methyl sites for hydroxylation is 1. The first kappa shape index (κ1) is 16.2. The Morgan fingerprint density at radius 3 is 2.70 bits per heavy atom. The van der Waals surface area contributed by atoms with Crippen LogP contribution in [0.5, 0.6) is 0 Å². The molecule has 0 radical (unpaired) electrons. The lowest BCUT2D eigenvalue weighted by Gasteiger charge is -2.11. The number of hydrogen-bond acceptors (Lipinski definition) is 5. The Labute approximate surface area is 130 Å². The van der Waals surface area contributed by atoms with E-state index in [1.54, 1.807) is 0 Å². The molecule has 2 aromatic rings. The fourth-order valence-electron chi connectivity index (χ4n) is 1.95. The minimum absolute atomic E-state index is 0.0413. The van der Waals surface area contributed by atoms with E-state index < -0.39 is 23.8 Å². The van der Waals surface area contributed by atoms with Crippen molar-refractivity contribution in [2.45, 2.75) is 26.4 Å². The second-order valence-electron chi connectivity index (χ2n) is 4.74. The second kappa shape index (κ2) is 6.30. The van der Waals surface area contributed by atoms with E-state index in [4.69, 9.17) is 10.8 Å². The van der Waals surface area contributed by atoms with Crippen molar-refractivity contribution >= 4 is 23.5 Å². The van der Waals surface area contributed by atoms with Crippen LogP contribution in [0.25, 0.3) is 0 Å². The summed E-state index contributed by atoms with van der Waals surface area (Å²) in [6, 6.07) is 0.364. The van der Waals surface area contributed by atoms with Gasteiger partial charge in [0.25, 0.3) is 11.8 Å². The Hall–Kier alpha value is -3.17. The summed E-state index contributed by atoms with van der Waals surface area (Å²) in [4.78, 5) is 34.8. The highest BCUT2D eigenvalue weighted by Gasteiger charge is 2.23. The highest BCUT2D eigenvalue weighted by molar-refractivity contribution is 6.07. The summed E-state index contributed by atoms with van der Waals surface area (Å²) < 4.78 is 2.53. The molecule has 0 fully saturated rings. The molecule has 1 unspecified atom stereocenters. The summed E-state index contributed by atoms with van der Waals surface area (Å²) in [7, 11) is 0. The first-order valence-corrected chi connectivity index (χ1v) is 6.80. The number of hydrogen-bond donors (Lipinski definition) is 3. The number of aliphatic carboxylic acids is 1. The zero-order chi connectivity index (χ0) is 17.1. The second-order valence-corrected chi connectivity index (χ2v) is 4.74. The van der Waals surface area contributed by atoms with Crippen LogP contribution in [-0.4, -0.2) is 42.5 Å². The predicted molar refractivity (Wildman–Crippen MR) is 78.9 cm³/mol. The standard InChI is InChI=1S/C13H16N6O4/c1-3-18-6-8(10(17-18)11(14)20)16-12(21)9-4-5-15-19(9)7(2)13(22)23/h4-7H,3H2,1-2H3,(H2,14,20)(H,16,21)(H,22,23). The van der Waals surface area contributed by atoms with Gasteiger partial charge in [-0.1, -0.05) is 0 Å². The lowest BCUT2D eigenvalue weighted by atomic mass is 10.3. The van der Waals surface area contributed by atoms with Crippen LogP contribution in [0.3, 0.4) is 0 Å². The van der Waals surface area contributed by atoms with Crippen molar-refractivity contribution in [1.29, 1.82) is 0 Å². The SMILES string of the molecule is CCn1cc(NC(=O)c2ccnn2C(C)C(=O)O)c(C(N)=O)n1. The largest absolute Gasteiger partial charge is 0.480 e. The van der Waals surface area contributed by atoms with Crippen LogP contribution in [0.15, 0.2) is 18.5 Å². The van der Waals surface area contributed by atoms with E-state index in [1.165, 1.54) is 30.1 Å². The Kier molecular flexibility index (Phi) is 4.44. The van der Waals surface area contributed by atoms with Crippen LogP contribution in [0.2, 0.25) is 0 Å². The number of aromatic nitrogens is 4. The summed E-state index contributed by atoms with van der Waals surface area (Å²) in [5, 5.41) is 19.3. The number of nitrogens with two attached hydrogens (primary N) is 1. The molecule has 0 spiro atoms. The molecule has 10 nitrogen and oxygen atoms in total. The lowest BCUT2D eigenvalue weighted by molar-refractivity contribution is -0.140. The number of amides is 2. The van der Waals surface area contributed by atoms with Gasteiger partial charge in [0, 0.05) is 18.9 Å². The van der Waals surface area contributed by atoms with E-state index >= 15 is 0 Å². The molecule has 0 aliphatic carbocycles. The highest BCUT2D eigenvalue weighted by atomic mass is 16.4. The Morgan fingerprint density at radius 1 is 1.43 bits per heavy atom. The van der Waals surface area contributed by atoms with Gasteiger partial charge in [-0.2, -0.15) is 10.2 Å². The molecule has 2 amide bonds. The van der Waals surface area contributed by atoms with E-state index in [9.17, 15) is 14.4 Å². The maximum absolute atomic E-state index is 12.3. The number of anilines is 1. The molecule has 2 aromatic heterocycles. The quantitative estimate of drug-likeness (QED) is 0.688. The van der Waals surface area contributed by atoms with Gasteiger partial charge in [0.2, 0.25) is 0 Å². The average molecular weight is 320 g/mol. The van der Waals surface area contributed by atoms with Crippen LogP contribution in [0.4, 0.5) is 5.69 Å². The number of carboxylic acids is 1. The summed E-state index contributed by atoms with van der Waals surface area (Å²) >= 11 is 0. The molecule has 122 valence electrons. The van der Waals surface area contributed by atoms with Crippen LogP contribution < -0.4 is 11.1 Å². The van der Waals surface area contributed by atoms with Crippen LogP contribution in [0.1, 0.15) is 40.9 Å². The maximum atomic E-state index is 12.3. The minimum atomic E-state index is -1.13. The molecule has 2 rings (SSSR count). The van der Waals surface area contributed by atoms with Crippen molar-refractivity contribution in [3.8, 4) is 0 Å². The van der Waals surface area contributed by atoms with Gasteiger partial charge in [0.1, 0.15) is 11.7 Å². The number of nitrogens with one attached hydrogen (secondary N) is 1. The predicted octanol–water partition coefficient (Wildman–Crippen LogP) is 0.0963. The third-order valence-corrected chi connectivity index (χ3v) is 3.19. The van der Waals surface area contributed by atoms with Gasteiger partial charge in [-0.15, -0.1) is 0 Å². The Bertz CT molecular complexity index is 762. The molecule has 0 saturated heterocycles. The van der Waals surface area contributed by atoms with Crippen molar-refractivity contribution in [2.24, 2.45) is 5.73 Å². The Balaban J connectivity index is 2.30. The number of carboxylic acid groups (broad SMARTS) is 1. The lowest BCUT2D eigenvalue weighted by Crippen LogP contribution is -2.24. The van der Waals surface area contributed by atoms with E-state index in [1.807, 2.05) is 6.92 Å². The summed E-state index contributed by atoms with van der Waals surface area (Å²) in [6.07, 6.45) is 2.79. The molecule has 0 aliphatic heterocycles. The van der Waals surface area contributed by atoms with E-state index in [0.29, 0.717) is 6.54 Å². The number of carbonyl (C=O) groups is 3. The third-order valence-electron chi connectivity index (χ3n) is 3.19. The Morgan fingerprint density at radius 2 is 2.13 bits per heavy atom. The van der Waals surface area contributed by atoms with Gasteiger partial charge >= 0.3 is 5.97 Å². The number of nitrogens with zero attached hydrogens (tertiary/aromatic N) is 4. The molecule has 0 aliphatic rings. The molecule has 2 heterocycles. The van der Waals surface area contributed by atoms with Crippen molar-refractivity contribution in [3.63, 3.8) is 0 Å². The monoisotopic (exact) mass is 320 g/mol. The fraction of sp³-hybridized carbons (Fsp3) is 0.308. The molecular weight excluding hydrogens is 304 g/mol. The molecule has 0 saturated carbocycles.